The summed E-state index contributed by atoms with van der Waals surface area (Å²) < 4.78 is 33.7. The molecule has 4 rings (SSSR count). The van der Waals surface area contributed by atoms with Crippen molar-refractivity contribution < 1.29 is 13.5 Å². The number of nitrogens with zero attached hydrogens (tertiary/aromatic N) is 5. The van der Waals surface area contributed by atoms with Crippen molar-refractivity contribution in [2.75, 3.05) is 24.8 Å². The van der Waals surface area contributed by atoms with E-state index in [-0.39, 0.29) is 6.61 Å². The first-order chi connectivity index (χ1) is 14.0. The molecule has 4 heterocycles. The van der Waals surface area contributed by atoms with E-state index in [0.717, 1.165) is 6.20 Å². The van der Waals surface area contributed by atoms with Gasteiger partial charge >= 0.3 is 0 Å². The third kappa shape index (κ3) is 3.83. The number of anilines is 2. The van der Waals surface area contributed by atoms with Gasteiger partial charge in [-0.25, -0.2) is 23.7 Å². The van der Waals surface area contributed by atoms with E-state index >= 15 is 0 Å². The Morgan fingerprint density at radius 1 is 1.07 bits per heavy atom. The number of nitrogens with one attached hydrogen (secondary N) is 1. The highest BCUT2D eigenvalue weighted by molar-refractivity contribution is 5.66. The van der Waals surface area contributed by atoms with Gasteiger partial charge in [0.2, 0.25) is 0 Å². The predicted octanol–water partition coefficient (Wildman–Crippen LogP) is 2.85. The van der Waals surface area contributed by atoms with Crippen LogP contribution in [0.25, 0.3) is 17.2 Å². The Balaban J connectivity index is 1.70. The van der Waals surface area contributed by atoms with Gasteiger partial charge in [0.25, 0.3) is 0 Å². The lowest BCUT2D eigenvalue weighted by Gasteiger charge is -2.19. The van der Waals surface area contributed by atoms with Gasteiger partial charge in [0.05, 0.1) is 42.6 Å². The number of aromatic nitrogens is 5. The quantitative estimate of drug-likeness (QED) is 0.516. The van der Waals surface area contributed by atoms with Gasteiger partial charge in [0.15, 0.2) is 11.6 Å². The van der Waals surface area contributed by atoms with E-state index in [1.807, 2.05) is 0 Å². The van der Waals surface area contributed by atoms with E-state index in [4.69, 9.17) is 10.5 Å². The lowest BCUT2D eigenvalue weighted by molar-refractivity contribution is 0.185. The van der Waals surface area contributed by atoms with Crippen LogP contribution in [0, 0.1) is 11.6 Å². The third-order valence-corrected chi connectivity index (χ3v) is 4.27. The minimum atomic E-state index is -0.436. The molecule has 1 atom stereocenters. The fourth-order valence-electron chi connectivity index (χ4n) is 2.88. The van der Waals surface area contributed by atoms with Gasteiger partial charge in [0, 0.05) is 13.3 Å². The first-order valence-corrected chi connectivity index (χ1v) is 8.67. The topological polar surface area (TPSA) is 103 Å². The Bertz CT molecular complexity index is 1150. The molecule has 4 aromatic rings. The summed E-state index contributed by atoms with van der Waals surface area (Å²) in [4.78, 5) is 17.0. The van der Waals surface area contributed by atoms with E-state index in [1.54, 1.807) is 29.8 Å². The molecule has 3 N–H and O–H groups in total. The summed E-state index contributed by atoms with van der Waals surface area (Å²) in [6.45, 7) is 0.248. The molecule has 0 bridgehead atoms. The van der Waals surface area contributed by atoms with Crippen LogP contribution < -0.4 is 11.1 Å². The average molecular weight is 397 g/mol. The molecule has 0 spiro atoms. The first kappa shape index (κ1) is 18.7. The summed E-state index contributed by atoms with van der Waals surface area (Å²) in [6, 6.07) is 5.33. The molecule has 0 amide bonds. The van der Waals surface area contributed by atoms with Gasteiger partial charge in [-0.05, 0) is 24.3 Å². The van der Waals surface area contributed by atoms with Crippen LogP contribution in [0.1, 0.15) is 11.7 Å². The average Bonchev–Trinajstić information content (AvgIpc) is 3.13. The van der Waals surface area contributed by atoms with Gasteiger partial charge in [-0.2, -0.15) is 0 Å². The summed E-state index contributed by atoms with van der Waals surface area (Å²) in [5, 5.41) is 3.16. The zero-order chi connectivity index (χ0) is 20.4. The molecular formula is C19H17F2N7O. The number of imidazole rings is 1. The van der Waals surface area contributed by atoms with Crippen LogP contribution in [-0.2, 0) is 4.74 Å². The number of methoxy groups -OCH3 is 1. The second-order valence-electron chi connectivity index (χ2n) is 6.27. The molecule has 4 aromatic heterocycles. The molecule has 0 saturated carbocycles. The molecule has 148 valence electrons. The Morgan fingerprint density at radius 3 is 2.66 bits per heavy atom. The number of ether oxygens (including phenoxy) is 1. The minimum absolute atomic E-state index is 0.248. The molecule has 0 aromatic carbocycles. The normalized spacial score (nSPS) is 12.2. The van der Waals surface area contributed by atoms with Crippen molar-refractivity contribution in [3.63, 3.8) is 0 Å². The Morgan fingerprint density at radius 2 is 1.90 bits per heavy atom. The van der Waals surface area contributed by atoms with Gasteiger partial charge in [0.1, 0.15) is 23.0 Å². The fourth-order valence-corrected chi connectivity index (χ4v) is 2.88. The zero-order valence-corrected chi connectivity index (χ0v) is 15.4. The van der Waals surface area contributed by atoms with Crippen LogP contribution in [0.3, 0.4) is 0 Å². The third-order valence-electron chi connectivity index (χ3n) is 4.27. The molecule has 0 radical (unpaired) electrons. The number of fused-ring (bicyclic) bond motifs is 1. The maximum Gasteiger partial charge on any atom is 0.180 e. The molecule has 8 nitrogen and oxygen atoms in total. The van der Waals surface area contributed by atoms with Crippen LogP contribution in [0.5, 0.6) is 0 Å². The van der Waals surface area contributed by atoms with Crippen LogP contribution in [0.2, 0.25) is 0 Å². The Hall–Kier alpha value is -3.66. The highest BCUT2D eigenvalue weighted by atomic mass is 19.1. The maximum atomic E-state index is 13.7. The fraction of sp³-hybridized carbons (Fsp3) is 0.158. The van der Waals surface area contributed by atoms with Crippen LogP contribution >= 0.6 is 0 Å². The molecule has 0 fully saturated rings. The summed E-state index contributed by atoms with van der Waals surface area (Å²) in [6.07, 6.45) is 5.44. The first-order valence-electron chi connectivity index (χ1n) is 8.67. The van der Waals surface area contributed by atoms with Crippen molar-refractivity contribution >= 4 is 17.2 Å². The van der Waals surface area contributed by atoms with Crippen LogP contribution in [0.4, 0.5) is 20.3 Å². The van der Waals surface area contributed by atoms with Crippen molar-refractivity contribution in [2.24, 2.45) is 0 Å². The highest BCUT2D eigenvalue weighted by Crippen LogP contribution is 2.25. The van der Waals surface area contributed by atoms with E-state index in [9.17, 15) is 8.78 Å². The summed E-state index contributed by atoms with van der Waals surface area (Å²) in [7, 11) is 1.54. The lowest BCUT2D eigenvalue weighted by Crippen LogP contribution is -2.19. The highest BCUT2D eigenvalue weighted by Gasteiger charge is 2.17. The number of hydrogen-bond donors (Lipinski definition) is 2. The molecular weight excluding hydrogens is 380 g/mol. The number of halogens is 2. The Kier molecular flexibility index (Phi) is 5.00. The summed E-state index contributed by atoms with van der Waals surface area (Å²) in [5.41, 5.74) is 7.96. The minimum Gasteiger partial charge on any atom is -0.394 e. The number of rotatable bonds is 6. The number of nitrogens with two attached hydrogens (primary N) is 1. The Labute approximate surface area is 164 Å². The second-order valence-corrected chi connectivity index (χ2v) is 6.27. The number of pyridine rings is 2. The SMILES string of the molecule is COCC(Nc1nc(-c2cnc3ccc(F)cn23)ncc1N)c1ccc(F)cn1. The number of nitrogen functional groups attached to an aromatic ring is 1. The van der Waals surface area contributed by atoms with Crippen molar-refractivity contribution in [2.45, 2.75) is 6.04 Å². The summed E-state index contributed by atoms with van der Waals surface area (Å²) in [5.74, 6) is -0.195. The molecule has 0 saturated heterocycles. The van der Waals surface area contributed by atoms with Crippen LogP contribution in [0.15, 0.2) is 49.1 Å². The molecule has 0 aliphatic rings. The summed E-state index contributed by atoms with van der Waals surface area (Å²) >= 11 is 0. The lowest BCUT2D eigenvalue weighted by atomic mass is 10.2. The predicted molar refractivity (Wildman–Crippen MR) is 103 cm³/mol. The smallest absolute Gasteiger partial charge is 0.180 e. The molecule has 0 aliphatic carbocycles. The largest absolute Gasteiger partial charge is 0.394 e. The number of hydrogen-bond acceptors (Lipinski definition) is 7. The van der Waals surface area contributed by atoms with Gasteiger partial charge in [-0.1, -0.05) is 0 Å². The van der Waals surface area contributed by atoms with Crippen molar-refractivity contribution in [3.05, 3.63) is 66.4 Å². The zero-order valence-electron chi connectivity index (χ0n) is 15.4. The van der Waals surface area contributed by atoms with Gasteiger partial charge in [-0.3, -0.25) is 9.38 Å². The van der Waals surface area contributed by atoms with E-state index in [1.165, 1.54) is 24.5 Å². The van der Waals surface area contributed by atoms with Crippen molar-refractivity contribution in [1.29, 1.82) is 0 Å². The van der Waals surface area contributed by atoms with E-state index < -0.39 is 17.7 Å². The van der Waals surface area contributed by atoms with Gasteiger partial charge < -0.3 is 15.8 Å². The molecule has 10 heteroatoms. The molecule has 29 heavy (non-hydrogen) atoms. The second kappa shape index (κ2) is 7.76. The monoisotopic (exact) mass is 397 g/mol. The standard InChI is InChI=1S/C19H17F2N7O/c1-29-10-15(14-4-2-11(20)6-23-14)26-18-13(22)7-25-19(27-18)16-8-24-17-5-3-12(21)9-28(16)17/h2-9,15H,10,22H2,1H3,(H,25,26,27). The maximum absolute atomic E-state index is 13.7. The molecule has 0 aliphatic heterocycles. The van der Waals surface area contributed by atoms with Crippen LogP contribution in [-0.4, -0.2) is 38.1 Å². The van der Waals surface area contributed by atoms with E-state index in [2.05, 4.69) is 25.3 Å². The molecule has 1 unspecified atom stereocenters. The van der Waals surface area contributed by atoms with Crippen molar-refractivity contribution in [3.8, 4) is 11.5 Å². The van der Waals surface area contributed by atoms with Gasteiger partial charge in [-0.15, -0.1) is 0 Å². The van der Waals surface area contributed by atoms with Crippen molar-refractivity contribution in [1.82, 2.24) is 24.3 Å². The van der Waals surface area contributed by atoms with E-state index in [0.29, 0.717) is 34.4 Å².